The first-order chi connectivity index (χ1) is 8.70. The van der Waals surface area contributed by atoms with Gasteiger partial charge in [0.1, 0.15) is 5.82 Å². The SMILES string of the molecule is CSCCCNc1cc(C)nc2ccc(F)cc12. The fourth-order valence-electron chi connectivity index (χ4n) is 1.92. The molecule has 1 aromatic carbocycles. The van der Waals surface area contributed by atoms with Crippen LogP contribution in [0.5, 0.6) is 0 Å². The first-order valence-electron chi connectivity index (χ1n) is 6.00. The number of rotatable bonds is 5. The van der Waals surface area contributed by atoms with Gasteiger partial charge in [-0.2, -0.15) is 11.8 Å². The van der Waals surface area contributed by atoms with Crippen molar-refractivity contribution in [2.24, 2.45) is 0 Å². The smallest absolute Gasteiger partial charge is 0.124 e. The van der Waals surface area contributed by atoms with Gasteiger partial charge in [-0.1, -0.05) is 0 Å². The molecule has 1 heterocycles. The number of thioether (sulfide) groups is 1. The van der Waals surface area contributed by atoms with E-state index in [1.165, 1.54) is 6.07 Å². The van der Waals surface area contributed by atoms with Crippen molar-refractivity contribution in [1.82, 2.24) is 4.98 Å². The first-order valence-corrected chi connectivity index (χ1v) is 7.40. The molecular weight excluding hydrogens is 247 g/mol. The van der Waals surface area contributed by atoms with Crippen molar-refractivity contribution in [3.8, 4) is 0 Å². The lowest BCUT2D eigenvalue weighted by Gasteiger charge is -2.10. The molecule has 1 aromatic heterocycles. The fourth-order valence-corrected chi connectivity index (χ4v) is 2.35. The zero-order valence-electron chi connectivity index (χ0n) is 10.7. The van der Waals surface area contributed by atoms with E-state index in [1.54, 1.807) is 12.1 Å². The largest absolute Gasteiger partial charge is 0.384 e. The highest BCUT2D eigenvalue weighted by Gasteiger charge is 2.04. The van der Waals surface area contributed by atoms with Crippen LogP contribution >= 0.6 is 11.8 Å². The second-order valence-corrected chi connectivity index (χ2v) is 5.23. The van der Waals surface area contributed by atoms with Crippen LogP contribution in [0.3, 0.4) is 0 Å². The molecule has 1 N–H and O–H groups in total. The molecule has 0 spiro atoms. The van der Waals surface area contributed by atoms with E-state index in [1.807, 2.05) is 24.8 Å². The Balaban J connectivity index is 2.27. The van der Waals surface area contributed by atoms with Gasteiger partial charge in [-0.25, -0.2) is 4.39 Å². The fraction of sp³-hybridized carbons (Fsp3) is 0.357. The number of aryl methyl sites for hydroxylation is 1. The Labute approximate surface area is 111 Å². The maximum Gasteiger partial charge on any atom is 0.124 e. The molecule has 0 aliphatic carbocycles. The molecule has 96 valence electrons. The van der Waals surface area contributed by atoms with Crippen LogP contribution in [-0.4, -0.2) is 23.5 Å². The van der Waals surface area contributed by atoms with Crippen LogP contribution in [0.2, 0.25) is 0 Å². The van der Waals surface area contributed by atoms with Crippen molar-refractivity contribution in [2.75, 3.05) is 23.9 Å². The number of anilines is 1. The minimum absolute atomic E-state index is 0.222. The number of hydrogen-bond donors (Lipinski definition) is 1. The molecule has 0 amide bonds. The van der Waals surface area contributed by atoms with Gasteiger partial charge >= 0.3 is 0 Å². The van der Waals surface area contributed by atoms with E-state index in [-0.39, 0.29) is 5.82 Å². The van der Waals surface area contributed by atoms with E-state index in [9.17, 15) is 4.39 Å². The van der Waals surface area contributed by atoms with Crippen molar-refractivity contribution in [3.05, 3.63) is 35.8 Å². The number of pyridine rings is 1. The minimum atomic E-state index is -0.222. The normalized spacial score (nSPS) is 10.8. The first kappa shape index (κ1) is 13.1. The lowest BCUT2D eigenvalue weighted by molar-refractivity contribution is 0.629. The van der Waals surface area contributed by atoms with E-state index in [2.05, 4.69) is 16.6 Å². The molecule has 2 rings (SSSR count). The molecule has 0 radical (unpaired) electrons. The molecule has 0 saturated heterocycles. The summed E-state index contributed by atoms with van der Waals surface area (Å²) in [6.45, 7) is 2.85. The molecule has 0 unspecified atom stereocenters. The molecule has 2 nitrogen and oxygen atoms in total. The molecule has 4 heteroatoms. The summed E-state index contributed by atoms with van der Waals surface area (Å²) in [7, 11) is 0. The molecule has 0 atom stereocenters. The average molecular weight is 264 g/mol. The molecular formula is C14H17FN2S. The van der Waals surface area contributed by atoms with Gasteiger partial charge in [-0.05, 0) is 49.6 Å². The van der Waals surface area contributed by atoms with Crippen LogP contribution < -0.4 is 5.32 Å². The third-order valence-corrected chi connectivity index (χ3v) is 3.44. The molecule has 0 aliphatic heterocycles. The van der Waals surface area contributed by atoms with Gasteiger partial charge in [-0.3, -0.25) is 4.98 Å². The molecule has 0 aliphatic rings. The highest BCUT2D eigenvalue weighted by atomic mass is 32.2. The highest BCUT2D eigenvalue weighted by Crippen LogP contribution is 2.24. The highest BCUT2D eigenvalue weighted by molar-refractivity contribution is 7.98. The van der Waals surface area contributed by atoms with Crippen LogP contribution in [-0.2, 0) is 0 Å². The van der Waals surface area contributed by atoms with Gasteiger partial charge in [0.2, 0.25) is 0 Å². The lowest BCUT2D eigenvalue weighted by atomic mass is 10.1. The Hall–Kier alpha value is -1.29. The maximum absolute atomic E-state index is 13.3. The molecule has 18 heavy (non-hydrogen) atoms. The second kappa shape index (κ2) is 6.05. The van der Waals surface area contributed by atoms with Gasteiger partial charge in [-0.15, -0.1) is 0 Å². The van der Waals surface area contributed by atoms with Crippen LogP contribution in [0, 0.1) is 12.7 Å². The third kappa shape index (κ3) is 3.13. The van der Waals surface area contributed by atoms with Gasteiger partial charge < -0.3 is 5.32 Å². The van der Waals surface area contributed by atoms with Crippen LogP contribution in [0.1, 0.15) is 12.1 Å². The third-order valence-electron chi connectivity index (χ3n) is 2.74. The second-order valence-electron chi connectivity index (χ2n) is 4.25. The molecule has 0 fully saturated rings. The lowest BCUT2D eigenvalue weighted by Crippen LogP contribution is -2.04. The summed E-state index contributed by atoms with van der Waals surface area (Å²) >= 11 is 1.83. The van der Waals surface area contributed by atoms with Gasteiger partial charge in [0.05, 0.1) is 5.52 Å². The van der Waals surface area contributed by atoms with E-state index >= 15 is 0 Å². The van der Waals surface area contributed by atoms with E-state index in [0.29, 0.717) is 0 Å². The van der Waals surface area contributed by atoms with E-state index in [0.717, 1.165) is 41.0 Å². The van der Waals surface area contributed by atoms with Crippen molar-refractivity contribution in [1.29, 1.82) is 0 Å². The molecule has 2 aromatic rings. The van der Waals surface area contributed by atoms with Gasteiger partial charge in [0, 0.05) is 23.3 Å². The van der Waals surface area contributed by atoms with Gasteiger partial charge in [0.15, 0.2) is 0 Å². The van der Waals surface area contributed by atoms with E-state index in [4.69, 9.17) is 0 Å². The minimum Gasteiger partial charge on any atom is -0.384 e. The summed E-state index contributed by atoms with van der Waals surface area (Å²) in [4.78, 5) is 4.41. The standard InChI is InChI=1S/C14H17FN2S/c1-10-8-14(16-6-3-7-18-2)12-9-11(15)4-5-13(12)17-10/h4-5,8-9H,3,6-7H2,1-2H3,(H,16,17). The average Bonchev–Trinajstić information content (AvgIpc) is 2.35. The zero-order chi connectivity index (χ0) is 13.0. The monoisotopic (exact) mass is 264 g/mol. The molecule has 0 bridgehead atoms. The number of fused-ring (bicyclic) bond motifs is 1. The van der Waals surface area contributed by atoms with Crippen molar-refractivity contribution < 1.29 is 4.39 Å². The summed E-state index contributed by atoms with van der Waals surface area (Å²) in [6.07, 6.45) is 3.20. The van der Waals surface area contributed by atoms with Gasteiger partial charge in [0.25, 0.3) is 0 Å². The Kier molecular flexibility index (Phi) is 4.42. The summed E-state index contributed by atoms with van der Waals surface area (Å²) in [6, 6.07) is 6.69. The Morgan fingerprint density at radius 2 is 2.17 bits per heavy atom. The van der Waals surface area contributed by atoms with Crippen molar-refractivity contribution in [3.63, 3.8) is 0 Å². The van der Waals surface area contributed by atoms with Crippen LogP contribution in [0.25, 0.3) is 10.9 Å². The predicted octanol–water partition coefficient (Wildman–Crippen LogP) is 3.85. The Morgan fingerprint density at radius 3 is 2.94 bits per heavy atom. The number of nitrogens with zero attached hydrogens (tertiary/aromatic N) is 1. The topological polar surface area (TPSA) is 24.9 Å². The summed E-state index contributed by atoms with van der Waals surface area (Å²) in [5.41, 5.74) is 2.75. The van der Waals surface area contributed by atoms with E-state index < -0.39 is 0 Å². The predicted molar refractivity (Wildman–Crippen MR) is 77.9 cm³/mol. The van der Waals surface area contributed by atoms with Crippen molar-refractivity contribution >= 4 is 28.4 Å². The number of halogens is 1. The maximum atomic E-state index is 13.3. The summed E-state index contributed by atoms with van der Waals surface area (Å²) < 4.78 is 13.3. The summed E-state index contributed by atoms with van der Waals surface area (Å²) in [5, 5.41) is 4.22. The number of aromatic nitrogens is 1. The van der Waals surface area contributed by atoms with Crippen molar-refractivity contribution in [2.45, 2.75) is 13.3 Å². The molecule has 0 saturated carbocycles. The zero-order valence-corrected chi connectivity index (χ0v) is 11.5. The Morgan fingerprint density at radius 1 is 1.33 bits per heavy atom. The summed E-state index contributed by atoms with van der Waals surface area (Å²) in [5.74, 6) is 0.906. The Bertz CT molecular complexity index is 543. The quantitative estimate of drug-likeness (QED) is 0.830. The number of nitrogens with one attached hydrogen (secondary N) is 1. The van der Waals surface area contributed by atoms with Crippen LogP contribution in [0.15, 0.2) is 24.3 Å². The van der Waals surface area contributed by atoms with Crippen LogP contribution in [0.4, 0.5) is 10.1 Å². The number of benzene rings is 1. The number of hydrogen-bond acceptors (Lipinski definition) is 3.